The van der Waals surface area contributed by atoms with Gasteiger partial charge in [0.2, 0.25) is 0 Å². The van der Waals surface area contributed by atoms with Crippen molar-refractivity contribution < 1.29 is 0 Å². The van der Waals surface area contributed by atoms with Crippen LogP contribution in [0, 0.1) is 0 Å². The summed E-state index contributed by atoms with van der Waals surface area (Å²) in [5, 5.41) is 10.1. The molecule has 0 aromatic heterocycles. The maximum atomic E-state index is 2.45. The first-order valence-corrected chi connectivity index (χ1v) is 18.0. The topological polar surface area (TPSA) is 0 Å². The van der Waals surface area contributed by atoms with Gasteiger partial charge < -0.3 is 0 Å². The van der Waals surface area contributed by atoms with E-state index in [1.165, 1.54) is 98.7 Å². The van der Waals surface area contributed by atoms with Crippen molar-refractivity contribution >= 4 is 43.1 Å². The van der Waals surface area contributed by atoms with Gasteiger partial charge in [0.15, 0.2) is 0 Å². The molecule has 0 N–H and O–H groups in total. The number of hydrogen-bond acceptors (Lipinski definition) is 0. The maximum Gasteiger partial charge on any atom is -0.00199 e. The summed E-state index contributed by atoms with van der Waals surface area (Å²) in [6.07, 6.45) is 0. The Kier molecular flexibility index (Phi) is 7.25. The summed E-state index contributed by atoms with van der Waals surface area (Å²) in [7, 11) is 0. The lowest BCUT2D eigenvalue weighted by molar-refractivity contribution is 1.60. The van der Waals surface area contributed by atoms with Crippen molar-refractivity contribution in [2.24, 2.45) is 0 Å². The summed E-state index contributed by atoms with van der Waals surface area (Å²) < 4.78 is 0. The molecule has 10 aromatic carbocycles. The highest BCUT2D eigenvalue weighted by molar-refractivity contribution is 6.24. The molecule has 0 saturated heterocycles. The SMILES string of the molecule is c1ccc(-c2ccccc2-c2cccc3c(-c4ccc5c(-c6ccccc6)c6ccccc6c(-c6cccc7ccccc67)c5c4)cccc23)cc1. The predicted octanol–water partition coefficient (Wildman–Crippen LogP) is 14.6. The van der Waals surface area contributed by atoms with E-state index in [2.05, 4.69) is 206 Å². The standard InChI is InChI=1S/C52H34/c1-3-16-35(17-4-1)39-22-9-10-24-42(39)44-30-15-28-43-41(27-14-29-45(43)44)38-32-33-49-50(34-38)52(46-31-13-21-36-18-7-8-23-40(36)46)48-26-12-11-25-47(48)51(49)37-19-5-2-6-20-37/h1-34H. The Morgan fingerprint density at radius 1 is 0.192 bits per heavy atom. The molecule has 0 fully saturated rings. The third kappa shape index (κ3) is 4.92. The Morgan fingerprint density at radius 3 is 1.44 bits per heavy atom. The van der Waals surface area contributed by atoms with Crippen LogP contribution in [0.3, 0.4) is 0 Å². The highest BCUT2D eigenvalue weighted by Crippen LogP contribution is 2.47. The monoisotopic (exact) mass is 658 g/mol. The zero-order chi connectivity index (χ0) is 34.4. The molecule has 0 saturated carbocycles. The summed E-state index contributed by atoms with van der Waals surface area (Å²) in [5.74, 6) is 0. The molecular formula is C52H34. The third-order valence-electron chi connectivity index (χ3n) is 10.7. The second-order valence-corrected chi connectivity index (χ2v) is 13.6. The Labute approximate surface area is 303 Å². The minimum absolute atomic E-state index is 1.21. The van der Waals surface area contributed by atoms with E-state index in [-0.39, 0.29) is 0 Å². The van der Waals surface area contributed by atoms with Gasteiger partial charge in [-0.1, -0.05) is 200 Å². The molecule has 10 rings (SSSR count). The molecule has 0 heterocycles. The molecule has 0 aliphatic heterocycles. The molecule has 0 atom stereocenters. The van der Waals surface area contributed by atoms with Gasteiger partial charge in [0, 0.05) is 0 Å². The van der Waals surface area contributed by atoms with Gasteiger partial charge in [0.05, 0.1) is 0 Å². The lowest BCUT2D eigenvalue weighted by Crippen LogP contribution is -1.93. The van der Waals surface area contributed by atoms with E-state index in [1.54, 1.807) is 0 Å². The molecule has 0 spiro atoms. The molecule has 10 aromatic rings. The quantitative estimate of drug-likeness (QED) is 0.161. The number of hydrogen-bond donors (Lipinski definition) is 0. The maximum absolute atomic E-state index is 2.45. The van der Waals surface area contributed by atoms with Crippen LogP contribution in [0.5, 0.6) is 0 Å². The highest BCUT2D eigenvalue weighted by atomic mass is 14.2. The zero-order valence-electron chi connectivity index (χ0n) is 28.6. The van der Waals surface area contributed by atoms with Crippen molar-refractivity contribution in [1.82, 2.24) is 0 Å². The largest absolute Gasteiger partial charge is 0.0622 e. The second kappa shape index (κ2) is 12.5. The minimum atomic E-state index is 1.21. The molecule has 0 heteroatoms. The summed E-state index contributed by atoms with van der Waals surface area (Å²) in [6.45, 7) is 0. The van der Waals surface area contributed by atoms with Crippen LogP contribution in [0.4, 0.5) is 0 Å². The lowest BCUT2D eigenvalue weighted by atomic mass is 9.83. The molecule has 0 amide bonds. The first-order valence-electron chi connectivity index (χ1n) is 18.0. The van der Waals surface area contributed by atoms with Crippen LogP contribution in [0.1, 0.15) is 0 Å². The normalized spacial score (nSPS) is 11.5. The molecule has 0 radical (unpaired) electrons. The van der Waals surface area contributed by atoms with Crippen LogP contribution in [-0.4, -0.2) is 0 Å². The summed E-state index contributed by atoms with van der Waals surface area (Å²) in [5.41, 5.74) is 12.4. The molecule has 0 unspecified atom stereocenters. The molecule has 0 nitrogen and oxygen atoms in total. The Hall–Kier alpha value is -6.76. The number of benzene rings is 10. The van der Waals surface area contributed by atoms with Crippen LogP contribution < -0.4 is 0 Å². The van der Waals surface area contributed by atoms with E-state index in [0.717, 1.165) is 0 Å². The van der Waals surface area contributed by atoms with E-state index >= 15 is 0 Å². The average Bonchev–Trinajstić information content (AvgIpc) is 3.22. The average molecular weight is 659 g/mol. The lowest BCUT2D eigenvalue weighted by Gasteiger charge is -2.20. The van der Waals surface area contributed by atoms with Gasteiger partial charge in [-0.2, -0.15) is 0 Å². The summed E-state index contributed by atoms with van der Waals surface area (Å²) in [4.78, 5) is 0. The van der Waals surface area contributed by atoms with Crippen LogP contribution >= 0.6 is 0 Å². The first-order chi connectivity index (χ1) is 25.8. The van der Waals surface area contributed by atoms with E-state index in [4.69, 9.17) is 0 Å². The van der Waals surface area contributed by atoms with Crippen molar-refractivity contribution in [1.29, 1.82) is 0 Å². The van der Waals surface area contributed by atoms with E-state index in [0.29, 0.717) is 0 Å². The fourth-order valence-electron chi connectivity index (χ4n) is 8.38. The number of rotatable bonds is 5. The molecular weight excluding hydrogens is 625 g/mol. The van der Waals surface area contributed by atoms with Crippen molar-refractivity contribution in [2.45, 2.75) is 0 Å². The molecule has 0 bridgehead atoms. The zero-order valence-corrected chi connectivity index (χ0v) is 28.6. The van der Waals surface area contributed by atoms with Crippen molar-refractivity contribution in [3.8, 4) is 55.6 Å². The van der Waals surface area contributed by atoms with Crippen LogP contribution in [0.2, 0.25) is 0 Å². The predicted molar refractivity (Wildman–Crippen MR) is 224 cm³/mol. The van der Waals surface area contributed by atoms with Gasteiger partial charge in [0.25, 0.3) is 0 Å². The van der Waals surface area contributed by atoms with Gasteiger partial charge >= 0.3 is 0 Å². The van der Waals surface area contributed by atoms with Crippen LogP contribution in [0.25, 0.3) is 98.7 Å². The van der Waals surface area contributed by atoms with Crippen molar-refractivity contribution in [3.05, 3.63) is 206 Å². The van der Waals surface area contributed by atoms with Crippen LogP contribution in [0.15, 0.2) is 206 Å². The summed E-state index contributed by atoms with van der Waals surface area (Å²) in [6, 6.07) is 75.5. The summed E-state index contributed by atoms with van der Waals surface area (Å²) >= 11 is 0. The Bertz CT molecular complexity index is 2930. The van der Waals surface area contributed by atoms with E-state index in [1.807, 2.05) is 0 Å². The molecule has 52 heavy (non-hydrogen) atoms. The fourth-order valence-corrected chi connectivity index (χ4v) is 8.38. The van der Waals surface area contributed by atoms with Crippen molar-refractivity contribution in [3.63, 3.8) is 0 Å². The van der Waals surface area contributed by atoms with Gasteiger partial charge in [-0.3, -0.25) is 0 Å². The highest BCUT2D eigenvalue weighted by Gasteiger charge is 2.19. The van der Waals surface area contributed by atoms with Crippen LogP contribution in [-0.2, 0) is 0 Å². The van der Waals surface area contributed by atoms with Gasteiger partial charge in [-0.05, 0) is 105 Å². The Balaban J connectivity index is 1.27. The van der Waals surface area contributed by atoms with Crippen molar-refractivity contribution in [2.75, 3.05) is 0 Å². The fraction of sp³-hybridized carbons (Fsp3) is 0. The first kappa shape index (κ1) is 30.1. The smallest absolute Gasteiger partial charge is 0.00199 e. The molecule has 0 aliphatic rings. The van der Waals surface area contributed by atoms with Gasteiger partial charge in [-0.25, -0.2) is 0 Å². The second-order valence-electron chi connectivity index (χ2n) is 13.6. The van der Waals surface area contributed by atoms with E-state index < -0.39 is 0 Å². The third-order valence-corrected chi connectivity index (χ3v) is 10.7. The van der Waals surface area contributed by atoms with Gasteiger partial charge in [0.1, 0.15) is 0 Å². The van der Waals surface area contributed by atoms with E-state index in [9.17, 15) is 0 Å². The number of fused-ring (bicyclic) bond motifs is 4. The molecule has 242 valence electrons. The Morgan fingerprint density at radius 2 is 0.673 bits per heavy atom. The van der Waals surface area contributed by atoms with Gasteiger partial charge in [-0.15, -0.1) is 0 Å². The minimum Gasteiger partial charge on any atom is -0.0622 e. The molecule has 0 aliphatic carbocycles.